The lowest BCUT2D eigenvalue weighted by molar-refractivity contribution is -0.119. The van der Waals surface area contributed by atoms with Crippen molar-refractivity contribution in [3.05, 3.63) is 52.8 Å². The van der Waals surface area contributed by atoms with Gasteiger partial charge in [-0.1, -0.05) is 44.1 Å². The van der Waals surface area contributed by atoms with Crippen molar-refractivity contribution < 1.29 is 18.8 Å². The molecule has 0 saturated carbocycles. The number of hydrogen-bond donors (Lipinski definition) is 1. The number of aromatic nitrogens is 2. The first-order chi connectivity index (χ1) is 14.7. The van der Waals surface area contributed by atoms with Crippen LogP contribution in [-0.2, 0) is 22.4 Å². The lowest BCUT2D eigenvalue weighted by Gasteiger charge is -2.35. The van der Waals surface area contributed by atoms with Gasteiger partial charge in [0.25, 0.3) is 5.91 Å². The Bertz CT molecular complexity index is 1140. The Balaban J connectivity index is 1.61. The van der Waals surface area contributed by atoms with Crippen LogP contribution >= 0.6 is 0 Å². The molecule has 0 fully saturated rings. The number of para-hydroxylation sites is 1. The molecular weight excluding hydrogens is 394 g/mol. The predicted molar refractivity (Wildman–Crippen MR) is 117 cm³/mol. The Morgan fingerprint density at radius 3 is 2.74 bits per heavy atom. The smallest absolute Gasteiger partial charge is 0.339 e. The van der Waals surface area contributed by atoms with Crippen LogP contribution in [0.2, 0.25) is 0 Å². The van der Waals surface area contributed by atoms with Gasteiger partial charge >= 0.3 is 5.97 Å². The van der Waals surface area contributed by atoms with Crippen LogP contribution in [0.3, 0.4) is 0 Å². The summed E-state index contributed by atoms with van der Waals surface area (Å²) >= 11 is 0. The van der Waals surface area contributed by atoms with E-state index in [2.05, 4.69) is 31.2 Å². The van der Waals surface area contributed by atoms with E-state index in [1.54, 1.807) is 13.0 Å². The molecule has 0 saturated heterocycles. The van der Waals surface area contributed by atoms with Gasteiger partial charge in [0.15, 0.2) is 6.61 Å². The number of anilines is 1. The second-order valence-electron chi connectivity index (χ2n) is 9.19. The summed E-state index contributed by atoms with van der Waals surface area (Å²) in [6, 6.07) is 9.18. The van der Waals surface area contributed by atoms with E-state index in [9.17, 15) is 9.59 Å². The predicted octanol–water partition coefficient (Wildman–Crippen LogP) is 4.48. The van der Waals surface area contributed by atoms with Gasteiger partial charge < -0.3 is 9.26 Å². The molecule has 1 N–H and O–H groups in total. The normalized spacial score (nSPS) is 16.1. The maximum Gasteiger partial charge on any atom is 0.339 e. The number of pyridine rings is 1. The molecule has 1 aromatic carbocycles. The number of aryl methyl sites for hydroxylation is 2. The van der Waals surface area contributed by atoms with E-state index < -0.39 is 18.5 Å². The molecule has 4 rings (SSSR count). The molecule has 162 valence electrons. The highest BCUT2D eigenvalue weighted by molar-refractivity contribution is 6.06. The van der Waals surface area contributed by atoms with Gasteiger partial charge in [0.2, 0.25) is 5.88 Å². The molecule has 0 spiro atoms. The number of rotatable bonds is 4. The molecule has 0 aliphatic heterocycles. The van der Waals surface area contributed by atoms with Crippen LogP contribution in [0.4, 0.5) is 5.88 Å². The average Bonchev–Trinajstić information content (AvgIpc) is 3.13. The maximum absolute atomic E-state index is 13.2. The molecular formula is C24H27N3O4. The van der Waals surface area contributed by atoms with Gasteiger partial charge in [0, 0.05) is 17.1 Å². The van der Waals surface area contributed by atoms with E-state index in [1.165, 1.54) is 0 Å². The summed E-state index contributed by atoms with van der Waals surface area (Å²) in [7, 11) is 0. The lowest BCUT2D eigenvalue weighted by atomic mass is 9.70. The van der Waals surface area contributed by atoms with Gasteiger partial charge in [-0.15, -0.1) is 0 Å². The number of esters is 1. The van der Waals surface area contributed by atoms with Crippen LogP contribution in [0, 0.1) is 18.3 Å². The Morgan fingerprint density at radius 2 is 2.03 bits per heavy atom. The molecule has 1 amide bonds. The number of amides is 1. The van der Waals surface area contributed by atoms with Crippen molar-refractivity contribution in [1.29, 1.82) is 0 Å². The Labute approximate surface area is 181 Å². The molecule has 1 aliphatic rings. The fraction of sp³-hybridized carbons (Fsp3) is 0.417. The standard InChI is InChI=1S/C24H27N3O4/c1-14-11-21(31-27-14)26-20(28)13-30-23(29)22-16-7-5-6-8-18(16)25-19-10-9-15(12-17(19)22)24(2,3)4/h5-8,11,15H,9-10,12-13H2,1-4H3,(H,26,28)/t15-/m0/s1. The van der Waals surface area contributed by atoms with Crippen molar-refractivity contribution in [2.45, 2.75) is 47.0 Å². The maximum atomic E-state index is 13.2. The van der Waals surface area contributed by atoms with Gasteiger partial charge in [-0.25, -0.2) is 4.79 Å². The van der Waals surface area contributed by atoms with Crippen LogP contribution in [0.1, 0.15) is 54.5 Å². The summed E-state index contributed by atoms with van der Waals surface area (Å²) in [5, 5.41) is 7.01. The van der Waals surface area contributed by atoms with Crippen molar-refractivity contribution in [3.63, 3.8) is 0 Å². The highest BCUT2D eigenvalue weighted by atomic mass is 16.5. The van der Waals surface area contributed by atoms with Crippen LogP contribution in [0.15, 0.2) is 34.9 Å². The average molecular weight is 421 g/mol. The van der Waals surface area contributed by atoms with Crippen LogP contribution in [0.5, 0.6) is 0 Å². The van der Waals surface area contributed by atoms with E-state index in [0.717, 1.165) is 41.4 Å². The third-order valence-corrected chi connectivity index (χ3v) is 5.91. The minimum absolute atomic E-state index is 0.125. The van der Waals surface area contributed by atoms with E-state index in [4.69, 9.17) is 14.2 Å². The zero-order valence-electron chi connectivity index (χ0n) is 18.3. The number of carbonyl (C=O) groups is 2. The van der Waals surface area contributed by atoms with E-state index in [1.807, 2.05) is 24.3 Å². The number of nitrogens with zero attached hydrogens (tertiary/aromatic N) is 2. The monoisotopic (exact) mass is 421 g/mol. The van der Waals surface area contributed by atoms with Gasteiger partial charge in [0.05, 0.1) is 16.8 Å². The molecule has 31 heavy (non-hydrogen) atoms. The number of hydrogen-bond acceptors (Lipinski definition) is 6. The van der Waals surface area contributed by atoms with E-state index in [0.29, 0.717) is 17.2 Å². The zero-order valence-corrected chi connectivity index (χ0v) is 18.3. The third-order valence-electron chi connectivity index (χ3n) is 5.91. The van der Waals surface area contributed by atoms with Crippen LogP contribution in [-0.4, -0.2) is 28.6 Å². The highest BCUT2D eigenvalue weighted by Crippen LogP contribution is 2.39. The Kier molecular flexibility index (Phi) is 5.52. The summed E-state index contributed by atoms with van der Waals surface area (Å²) in [5.74, 6) is -0.330. The van der Waals surface area contributed by atoms with Gasteiger partial charge in [-0.05, 0) is 49.1 Å². The van der Waals surface area contributed by atoms with E-state index in [-0.39, 0.29) is 11.3 Å². The lowest BCUT2D eigenvalue weighted by Crippen LogP contribution is -2.29. The topological polar surface area (TPSA) is 94.3 Å². The highest BCUT2D eigenvalue weighted by Gasteiger charge is 2.33. The molecule has 7 nitrogen and oxygen atoms in total. The fourth-order valence-electron chi connectivity index (χ4n) is 4.16. The molecule has 2 aromatic heterocycles. The van der Waals surface area contributed by atoms with Gasteiger partial charge in [-0.2, -0.15) is 0 Å². The fourth-order valence-corrected chi connectivity index (χ4v) is 4.16. The minimum Gasteiger partial charge on any atom is -0.452 e. The number of fused-ring (bicyclic) bond motifs is 2. The Morgan fingerprint density at radius 1 is 1.26 bits per heavy atom. The van der Waals surface area contributed by atoms with Crippen LogP contribution in [0.25, 0.3) is 10.9 Å². The van der Waals surface area contributed by atoms with Crippen molar-refractivity contribution in [1.82, 2.24) is 10.1 Å². The zero-order chi connectivity index (χ0) is 22.2. The SMILES string of the molecule is Cc1cc(NC(=O)COC(=O)c2c3c(nc4ccccc24)CC[C@H](C(C)(C)C)C3)on1. The molecule has 3 aromatic rings. The number of nitrogens with one attached hydrogen (secondary N) is 1. The largest absolute Gasteiger partial charge is 0.452 e. The second kappa shape index (κ2) is 8.13. The summed E-state index contributed by atoms with van der Waals surface area (Å²) in [4.78, 5) is 30.2. The first kappa shape index (κ1) is 21.0. The quantitative estimate of drug-likeness (QED) is 0.624. The molecule has 7 heteroatoms. The molecule has 2 heterocycles. The summed E-state index contributed by atoms with van der Waals surface area (Å²) in [6.45, 7) is 8.02. The summed E-state index contributed by atoms with van der Waals surface area (Å²) in [5.41, 5.74) is 3.96. The molecule has 1 atom stereocenters. The van der Waals surface area contributed by atoms with Gasteiger partial charge in [0.1, 0.15) is 0 Å². The van der Waals surface area contributed by atoms with Crippen molar-refractivity contribution in [3.8, 4) is 0 Å². The molecule has 1 aliphatic carbocycles. The van der Waals surface area contributed by atoms with E-state index >= 15 is 0 Å². The molecule has 0 bridgehead atoms. The minimum atomic E-state index is -0.506. The summed E-state index contributed by atoms with van der Waals surface area (Å²) < 4.78 is 10.4. The van der Waals surface area contributed by atoms with Crippen molar-refractivity contribution in [2.24, 2.45) is 11.3 Å². The van der Waals surface area contributed by atoms with Crippen molar-refractivity contribution in [2.75, 3.05) is 11.9 Å². The first-order valence-electron chi connectivity index (χ1n) is 10.5. The van der Waals surface area contributed by atoms with Crippen molar-refractivity contribution >= 4 is 28.7 Å². The number of carbonyl (C=O) groups excluding carboxylic acids is 2. The molecule has 0 radical (unpaired) electrons. The summed E-state index contributed by atoms with van der Waals surface area (Å²) in [6.07, 6.45) is 2.63. The first-order valence-corrected chi connectivity index (χ1v) is 10.5. The Hall–Kier alpha value is -3.22. The van der Waals surface area contributed by atoms with Crippen LogP contribution < -0.4 is 5.32 Å². The number of benzene rings is 1. The number of ether oxygens (including phenoxy) is 1. The molecule has 0 unspecified atom stereocenters. The second-order valence-corrected chi connectivity index (χ2v) is 9.19. The van der Waals surface area contributed by atoms with Gasteiger partial charge in [-0.3, -0.25) is 15.1 Å². The third kappa shape index (κ3) is 4.45.